The smallest absolute Gasteiger partial charge is 0.152 e. The number of rotatable bonds is 7. The molecule has 0 radical (unpaired) electrons. The van der Waals surface area contributed by atoms with Crippen molar-refractivity contribution >= 4 is 32.8 Å². The maximum absolute atomic E-state index is 11.8. The summed E-state index contributed by atoms with van der Waals surface area (Å²) in [6.07, 6.45) is 3.18. The number of hydrogen-bond donors (Lipinski definition) is 0. The summed E-state index contributed by atoms with van der Waals surface area (Å²) in [4.78, 5) is 0.901. The zero-order chi connectivity index (χ0) is 11.6. The highest BCUT2D eigenvalue weighted by Gasteiger charge is 2.06. The Balaban J connectivity index is 2.22. The van der Waals surface area contributed by atoms with Crippen LogP contribution in [0.3, 0.4) is 0 Å². The minimum Gasteiger partial charge on any atom is -0.611 e. The van der Waals surface area contributed by atoms with E-state index in [0.29, 0.717) is 5.75 Å². The average molecular weight is 272 g/mol. The fourth-order valence-electron chi connectivity index (χ4n) is 1.01. The van der Waals surface area contributed by atoms with E-state index < -0.39 is 11.2 Å². The molecule has 0 saturated carbocycles. The van der Waals surface area contributed by atoms with Gasteiger partial charge in [-0.25, -0.2) is 0 Å². The van der Waals surface area contributed by atoms with Crippen LogP contribution < -0.4 is 0 Å². The van der Waals surface area contributed by atoms with Crippen LogP contribution in [0.15, 0.2) is 46.7 Å². The quantitative estimate of drug-likeness (QED) is 0.424. The molecule has 1 aromatic rings. The molecule has 0 heterocycles. The summed E-state index contributed by atoms with van der Waals surface area (Å²) < 4.78 is 11.8. The van der Waals surface area contributed by atoms with Gasteiger partial charge in [-0.15, -0.1) is 0 Å². The highest BCUT2D eigenvalue weighted by Crippen LogP contribution is 2.23. The summed E-state index contributed by atoms with van der Waals surface area (Å²) in [5, 5.41) is 2.03. The van der Waals surface area contributed by atoms with Gasteiger partial charge in [0.25, 0.3) is 0 Å². The molecule has 0 N–H and O–H groups in total. The second-order valence-electron chi connectivity index (χ2n) is 3.12. The normalized spacial score (nSPS) is 13.1. The highest BCUT2D eigenvalue weighted by atomic mass is 33.1. The van der Waals surface area contributed by atoms with E-state index in [9.17, 15) is 4.55 Å². The van der Waals surface area contributed by atoms with Crippen molar-refractivity contribution in [3.8, 4) is 0 Å². The van der Waals surface area contributed by atoms with Gasteiger partial charge in [0.1, 0.15) is 5.75 Å². The lowest BCUT2D eigenvalue weighted by atomic mass is 10.4. The van der Waals surface area contributed by atoms with Crippen molar-refractivity contribution in [2.45, 2.75) is 18.2 Å². The first-order chi connectivity index (χ1) is 7.84. The van der Waals surface area contributed by atoms with Gasteiger partial charge >= 0.3 is 0 Å². The lowest BCUT2D eigenvalue weighted by molar-refractivity contribution is 0.598. The monoisotopic (exact) mass is 272 g/mol. The number of benzene rings is 1. The van der Waals surface area contributed by atoms with Crippen LogP contribution in [0.1, 0.15) is 13.3 Å². The predicted octanol–water partition coefficient (Wildman–Crippen LogP) is 4.10. The van der Waals surface area contributed by atoms with Crippen LogP contribution in [0.25, 0.3) is 0 Å². The van der Waals surface area contributed by atoms with E-state index in [4.69, 9.17) is 0 Å². The van der Waals surface area contributed by atoms with Gasteiger partial charge < -0.3 is 4.55 Å². The van der Waals surface area contributed by atoms with Crippen molar-refractivity contribution in [1.29, 1.82) is 0 Å². The third-order valence-electron chi connectivity index (χ3n) is 1.76. The Hall–Kier alpha value is -0.0300. The Morgan fingerprint density at radius 3 is 2.75 bits per heavy atom. The van der Waals surface area contributed by atoms with Crippen LogP contribution in [-0.4, -0.2) is 16.1 Å². The van der Waals surface area contributed by atoms with Crippen molar-refractivity contribution < 1.29 is 4.55 Å². The minimum absolute atomic E-state index is 0.601. The van der Waals surface area contributed by atoms with Gasteiger partial charge in [-0.1, -0.05) is 46.7 Å². The average Bonchev–Trinajstić information content (AvgIpc) is 2.34. The van der Waals surface area contributed by atoms with Crippen LogP contribution >= 0.6 is 21.6 Å². The summed E-state index contributed by atoms with van der Waals surface area (Å²) in [5.41, 5.74) is 0. The SMILES string of the molecule is CCCSSC=CC[S+]([O-])c1ccccc1. The first kappa shape index (κ1) is 14.0. The second kappa shape index (κ2) is 9.05. The maximum Gasteiger partial charge on any atom is 0.152 e. The standard InChI is InChI=1S/C12H16OS3/c1-2-9-14-15-10-6-11-16(13)12-7-4-3-5-8-12/h3-8,10H,2,9,11H2,1H3. The lowest BCUT2D eigenvalue weighted by Crippen LogP contribution is -2.03. The third-order valence-corrected chi connectivity index (χ3v) is 5.31. The fraction of sp³-hybridized carbons (Fsp3) is 0.333. The highest BCUT2D eigenvalue weighted by molar-refractivity contribution is 8.77. The van der Waals surface area contributed by atoms with Gasteiger partial charge in [0.2, 0.25) is 0 Å². The first-order valence-corrected chi connectivity index (χ1v) is 8.91. The topological polar surface area (TPSA) is 23.1 Å². The van der Waals surface area contributed by atoms with Crippen molar-refractivity contribution in [3.63, 3.8) is 0 Å². The molecule has 1 rings (SSSR count). The lowest BCUT2D eigenvalue weighted by Gasteiger charge is -2.06. The van der Waals surface area contributed by atoms with E-state index in [0.717, 1.165) is 10.6 Å². The zero-order valence-electron chi connectivity index (χ0n) is 9.30. The molecule has 0 saturated heterocycles. The van der Waals surface area contributed by atoms with Gasteiger partial charge in [0, 0.05) is 5.75 Å². The van der Waals surface area contributed by atoms with E-state index in [1.807, 2.05) is 52.6 Å². The number of hydrogen-bond acceptors (Lipinski definition) is 3. The van der Waals surface area contributed by atoms with Crippen molar-refractivity contribution in [2.24, 2.45) is 0 Å². The third kappa shape index (κ3) is 5.89. The van der Waals surface area contributed by atoms with E-state index in [2.05, 4.69) is 6.92 Å². The molecule has 0 fully saturated rings. The van der Waals surface area contributed by atoms with Gasteiger partial charge in [-0.3, -0.25) is 0 Å². The molecule has 1 atom stereocenters. The molecule has 1 unspecified atom stereocenters. The molecular formula is C12H16OS3. The predicted molar refractivity (Wildman–Crippen MR) is 77.2 cm³/mol. The van der Waals surface area contributed by atoms with Gasteiger partial charge in [-0.05, 0) is 41.2 Å². The van der Waals surface area contributed by atoms with E-state index >= 15 is 0 Å². The zero-order valence-corrected chi connectivity index (χ0v) is 11.7. The first-order valence-electron chi connectivity index (χ1n) is 5.21. The maximum atomic E-state index is 11.8. The summed E-state index contributed by atoms with van der Waals surface area (Å²) >= 11 is -0.900. The van der Waals surface area contributed by atoms with E-state index in [1.54, 1.807) is 10.8 Å². The summed E-state index contributed by atoms with van der Waals surface area (Å²) in [6, 6.07) is 9.59. The molecule has 0 aliphatic heterocycles. The fourth-order valence-corrected chi connectivity index (χ4v) is 3.83. The van der Waals surface area contributed by atoms with E-state index in [1.165, 1.54) is 6.42 Å². The van der Waals surface area contributed by atoms with Crippen LogP contribution in [0.2, 0.25) is 0 Å². The Kier molecular flexibility index (Phi) is 7.93. The van der Waals surface area contributed by atoms with E-state index in [-0.39, 0.29) is 0 Å². The Morgan fingerprint density at radius 2 is 2.06 bits per heavy atom. The van der Waals surface area contributed by atoms with Crippen LogP contribution in [0.4, 0.5) is 0 Å². The molecule has 0 amide bonds. The molecule has 88 valence electrons. The van der Waals surface area contributed by atoms with Crippen molar-refractivity contribution in [3.05, 3.63) is 41.8 Å². The molecule has 4 heteroatoms. The molecule has 0 spiro atoms. The minimum atomic E-state index is -0.900. The van der Waals surface area contributed by atoms with Crippen molar-refractivity contribution in [2.75, 3.05) is 11.5 Å². The van der Waals surface area contributed by atoms with Gasteiger partial charge in [0.05, 0.1) is 0 Å². The molecule has 1 nitrogen and oxygen atoms in total. The molecular weight excluding hydrogens is 256 g/mol. The molecule has 0 aliphatic carbocycles. The summed E-state index contributed by atoms with van der Waals surface area (Å²) in [6.45, 7) is 2.17. The van der Waals surface area contributed by atoms with Crippen molar-refractivity contribution in [1.82, 2.24) is 0 Å². The largest absolute Gasteiger partial charge is 0.611 e. The molecule has 1 aromatic carbocycles. The summed E-state index contributed by atoms with van der Waals surface area (Å²) in [5.74, 6) is 1.76. The Morgan fingerprint density at radius 1 is 1.31 bits per heavy atom. The van der Waals surface area contributed by atoms with Crippen LogP contribution in [0.5, 0.6) is 0 Å². The molecule has 0 aliphatic rings. The Bertz CT molecular complexity index is 300. The van der Waals surface area contributed by atoms with Gasteiger partial charge in [-0.2, -0.15) is 0 Å². The van der Waals surface area contributed by atoms with Crippen LogP contribution in [-0.2, 0) is 11.2 Å². The summed E-state index contributed by atoms with van der Waals surface area (Å²) in [7, 11) is 3.55. The molecule has 16 heavy (non-hydrogen) atoms. The Labute approximate surface area is 109 Å². The van der Waals surface area contributed by atoms with Gasteiger partial charge in [0.15, 0.2) is 4.90 Å². The molecule has 0 aromatic heterocycles. The molecule has 0 bridgehead atoms. The second-order valence-corrected chi connectivity index (χ2v) is 7.00. The van der Waals surface area contributed by atoms with Crippen LogP contribution in [0, 0.1) is 0 Å².